The summed E-state index contributed by atoms with van der Waals surface area (Å²) in [5.41, 5.74) is 1.13. The summed E-state index contributed by atoms with van der Waals surface area (Å²) in [6.45, 7) is 2.30. The van der Waals surface area contributed by atoms with Gasteiger partial charge in [0.1, 0.15) is 18.4 Å². The van der Waals surface area contributed by atoms with Crippen LogP contribution >= 0.6 is 0 Å². The van der Waals surface area contributed by atoms with Crippen LogP contribution in [0.2, 0.25) is 0 Å². The van der Waals surface area contributed by atoms with Crippen molar-refractivity contribution >= 4 is 23.3 Å². The minimum atomic E-state index is -0.482. The Morgan fingerprint density at radius 2 is 2.19 bits per heavy atom. The number of nitrogens with zero attached hydrogens (tertiary/aromatic N) is 1. The molecule has 1 aromatic carbocycles. The SMILES string of the molecule is CC(=O)c1ccc2c(c1)N(C(=O)C1CCC(=O)N1)CCO2. The van der Waals surface area contributed by atoms with Crippen molar-refractivity contribution in [2.24, 2.45) is 0 Å². The predicted molar refractivity (Wildman–Crippen MR) is 75.5 cm³/mol. The van der Waals surface area contributed by atoms with E-state index in [9.17, 15) is 14.4 Å². The average Bonchev–Trinajstić information content (AvgIpc) is 2.92. The molecule has 3 rings (SSSR count). The van der Waals surface area contributed by atoms with E-state index in [0.717, 1.165) is 0 Å². The summed E-state index contributed by atoms with van der Waals surface area (Å²) in [6.07, 6.45) is 0.887. The summed E-state index contributed by atoms with van der Waals surface area (Å²) in [5.74, 6) is 0.277. The lowest BCUT2D eigenvalue weighted by atomic mass is 10.1. The number of hydrogen-bond donors (Lipinski definition) is 1. The van der Waals surface area contributed by atoms with E-state index in [2.05, 4.69) is 5.32 Å². The quantitative estimate of drug-likeness (QED) is 0.820. The number of nitrogens with one attached hydrogen (secondary N) is 1. The van der Waals surface area contributed by atoms with Crippen molar-refractivity contribution < 1.29 is 19.1 Å². The number of rotatable bonds is 2. The Hall–Kier alpha value is -2.37. The number of amides is 2. The molecule has 1 N–H and O–H groups in total. The maximum Gasteiger partial charge on any atom is 0.249 e. The van der Waals surface area contributed by atoms with Gasteiger partial charge in [-0.2, -0.15) is 0 Å². The van der Waals surface area contributed by atoms with Crippen molar-refractivity contribution in [2.75, 3.05) is 18.1 Å². The summed E-state index contributed by atoms with van der Waals surface area (Å²) in [5, 5.41) is 2.68. The number of carbonyl (C=O) groups is 3. The van der Waals surface area contributed by atoms with Gasteiger partial charge < -0.3 is 15.0 Å². The largest absolute Gasteiger partial charge is 0.490 e. The minimum Gasteiger partial charge on any atom is -0.490 e. The number of carbonyl (C=O) groups excluding carboxylic acids is 3. The molecule has 1 aromatic rings. The van der Waals surface area contributed by atoms with E-state index in [-0.39, 0.29) is 17.6 Å². The van der Waals surface area contributed by atoms with E-state index in [1.54, 1.807) is 23.1 Å². The van der Waals surface area contributed by atoms with Gasteiger partial charge in [-0.1, -0.05) is 0 Å². The van der Waals surface area contributed by atoms with Gasteiger partial charge in [0.2, 0.25) is 11.8 Å². The number of Topliss-reactive ketones (excluding diaryl/α,β-unsaturated/α-hetero) is 1. The first kappa shape index (κ1) is 13.6. The van der Waals surface area contributed by atoms with Crippen molar-refractivity contribution in [2.45, 2.75) is 25.8 Å². The molecule has 2 heterocycles. The van der Waals surface area contributed by atoms with Gasteiger partial charge in [-0.05, 0) is 31.5 Å². The number of anilines is 1. The second kappa shape index (κ2) is 5.20. The Morgan fingerprint density at radius 3 is 2.86 bits per heavy atom. The van der Waals surface area contributed by atoms with Crippen LogP contribution in [0, 0.1) is 0 Å². The first-order chi connectivity index (χ1) is 10.1. The molecule has 110 valence electrons. The Bertz CT molecular complexity index is 626. The summed E-state index contributed by atoms with van der Waals surface area (Å²) >= 11 is 0. The van der Waals surface area contributed by atoms with E-state index in [0.29, 0.717) is 43.0 Å². The van der Waals surface area contributed by atoms with Gasteiger partial charge in [0.05, 0.1) is 12.2 Å². The van der Waals surface area contributed by atoms with Gasteiger partial charge in [0.15, 0.2) is 5.78 Å². The molecule has 6 heteroatoms. The molecule has 2 aliphatic rings. The lowest BCUT2D eigenvalue weighted by molar-refractivity contribution is -0.124. The van der Waals surface area contributed by atoms with E-state index in [1.807, 2.05) is 0 Å². The molecule has 0 spiro atoms. The van der Waals surface area contributed by atoms with Crippen LogP contribution in [0.4, 0.5) is 5.69 Å². The summed E-state index contributed by atoms with van der Waals surface area (Å²) in [7, 11) is 0. The Balaban J connectivity index is 1.92. The van der Waals surface area contributed by atoms with Gasteiger partial charge in [-0.3, -0.25) is 14.4 Å². The molecule has 2 aliphatic heterocycles. The van der Waals surface area contributed by atoms with Crippen LogP contribution in [-0.4, -0.2) is 36.8 Å². The zero-order chi connectivity index (χ0) is 15.0. The van der Waals surface area contributed by atoms with Crippen LogP contribution in [0.15, 0.2) is 18.2 Å². The smallest absolute Gasteiger partial charge is 0.249 e. The first-order valence-corrected chi connectivity index (χ1v) is 6.95. The van der Waals surface area contributed by atoms with E-state index < -0.39 is 6.04 Å². The molecule has 1 fully saturated rings. The zero-order valence-corrected chi connectivity index (χ0v) is 11.7. The van der Waals surface area contributed by atoms with Crippen LogP contribution in [0.3, 0.4) is 0 Å². The predicted octanol–water partition coefficient (Wildman–Crippen LogP) is 0.893. The Labute approximate surface area is 122 Å². The highest BCUT2D eigenvalue weighted by atomic mass is 16.5. The third-order valence-electron chi connectivity index (χ3n) is 3.79. The van der Waals surface area contributed by atoms with Gasteiger partial charge in [0, 0.05) is 12.0 Å². The van der Waals surface area contributed by atoms with Crippen molar-refractivity contribution in [1.29, 1.82) is 0 Å². The molecule has 0 radical (unpaired) electrons. The average molecular weight is 288 g/mol. The van der Waals surface area contributed by atoms with Gasteiger partial charge in [-0.15, -0.1) is 0 Å². The second-order valence-electron chi connectivity index (χ2n) is 5.24. The Morgan fingerprint density at radius 1 is 1.38 bits per heavy atom. The normalized spacial score (nSPS) is 20.5. The summed E-state index contributed by atoms with van der Waals surface area (Å²) in [4.78, 5) is 36.9. The fourth-order valence-corrected chi connectivity index (χ4v) is 2.65. The highest BCUT2D eigenvalue weighted by molar-refractivity contribution is 6.03. The van der Waals surface area contributed by atoms with E-state index in [1.165, 1.54) is 6.92 Å². The summed E-state index contributed by atoms with van der Waals surface area (Å²) in [6, 6.07) is 4.58. The van der Waals surface area contributed by atoms with Gasteiger partial charge >= 0.3 is 0 Å². The molecule has 0 aliphatic carbocycles. The lowest BCUT2D eigenvalue weighted by Crippen LogP contribution is -2.47. The maximum absolute atomic E-state index is 12.6. The molecule has 2 amide bonds. The van der Waals surface area contributed by atoms with E-state index in [4.69, 9.17) is 4.74 Å². The molecule has 0 saturated carbocycles. The van der Waals surface area contributed by atoms with Crippen molar-refractivity contribution in [3.05, 3.63) is 23.8 Å². The fraction of sp³-hybridized carbons (Fsp3) is 0.400. The number of ketones is 1. The monoisotopic (exact) mass is 288 g/mol. The molecule has 0 bridgehead atoms. The van der Waals surface area contributed by atoms with Gasteiger partial charge in [0.25, 0.3) is 0 Å². The van der Waals surface area contributed by atoms with Crippen LogP contribution in [0.1, 0.15) is 30.1 Å². The molecule has 1 unspecified atom stereocenters. The zero-order valence-electron chi connectivity index (χ0n) is 11.7. The molecule has 6 nitrogen and oxygen atoms in total. The number of benzene rings is 1. The van der Waals surface area contributed by atoms with Crippen LogP contribution in [-0.2, 0) is 9.59 Å². The number of fused-ring (bicyclic) bond motifs is 1. The van der Waals surface area contributed by atoms with Gasteiger partial charge in [-0.25, -0.2) is 0 Å². The summed E-state index contributed by atoms with van der Waals surface area (Å²) < 4.78 is 5.53. The van der Waals surface area contributed by atoms with Crippen molar-refractivity contribution in [3.63, 3.8) is 0 Å². The second-order valence-corrected chi connectivity index (χ2v) is 5.24. The Kier molecular flexibility index (Phi) is 3.37. The lowest BCUT2D eigenvalue weighted by Gasteiger charge is -2.31. The molecular weight excluding hydrogens is 272 g/mol. The molecule has 0 aromatic heterocycles. The third-order valence-corrected chi connectivity index (χ3v) is 3.79. The van der Waals surface area contributed by atoms with Crippen LogP contribution in [0.25, 0.3) is 0 Å². The topological polar surface area (TPSA) is 75.7 Å². The first-order valence-electron chi connectivity index (χ1n) is 6.95. The molecule has 21 heavy (non-hydrogen) atoms. The molecular formula is C15H16N2O4. The fourth-order valence-electron chi connectivity index (χ4n) is 2.65. The molecule has 1 atom stereocenters. The van der Waals surface area contributed by atoms with Crippen molar-refractivity contribution in [1.82, 2.24) is 5.32 Å². The minimum absolute atomic E-state index is 0.0649. The maximum atomic E-state index is 12.6. The highest BCUT2D eigenvalue weighted by Gasteiger charge is 2.34. The van der Waals surface area contributed by atoms with Crippen LogP contribution in [0.5, 0.6) is 5.75 Å². The third kappa shape index (κ3) is 2.49. The van der Waals surface area contributed by atoms with E-state index >= 15 is 0 Å². The number of ether oxygens (including phenoxy) is 1. The highest BCUT2D eigenvalue weighted by Crippen LogP contribution is 2.33. The van der Waals surface area contributed by atoms with Crippen LogP contribution < -0.4 is 15.0 Å². The molecule has 1 saturated heterocycles. The van der Waals surface area contributed by atoms with Crippen molar-refractivity contribution in [3.8, 4) is 5.75 Å². The standard InChI is InChI=1S/C15H16N2O4/c1-9(18)10-2-4-13-12(8-10)17(6-7-21-13)15(20)11-3-5-14(19)16-11/h2,4,8,11H,3,5-7H2,1H3,(H,16,19). The number of hydrogen-bond acceptors (Lipinski definition) is 4.